The smallest absolute Gasteiger partial charge is 0.296 e. The van der Waals surface area contributed by atoms with Crippen molar-refractivity contribution in [1.82, 2.24) is 0 Å². The van der Waals surface area contributed by atoms with Gasteiger partial charge in [0.15, 0.2) is 5.71 Å². The normalized spacial score (nSPS) is 14.2. The first-order chi connectivity index (χ1) is 26.9. The Labute approximate surface area is 325 Å². The number of hydrogen-bond donors (Lipinski definition) is 5. The minimum absolute atomic E-state index is 0.0304. The largest absolute Gasteiger partial charge is 0.494 e. The van der Waals surface area contributed by atoms with E-state index in [1.807, 2.05) is 0 Å². The van der Waals surface area contributed by atoms with Crippen molar-refractivity contribution in [2.45, 2.75) is 16.7 Å². The number of nitrogens with zero attached hydrogens (tertiary/aromatic N) is 5. The third kappa shape index (κ3) is 9.67. The molecule has 1 aliphatic carbocycles. The molecule has 292 valence electrons. The van der Waals surface area contributed by atoms with Gasteiger partial charge < -0.3 is 10.1 Å². The number of allylic oxidation sites excluding steroid dienone is 1. The molecule has 0 atom stereocenters. The molecule has 0 radical (unpaired) electrons. The second-order valence-electron chi connectivity index (χ2n) is 12.0. The summed E-state index contributed by atoms with van der Waals surface area (Å²) in [5, 5.41) is 23.6. The molecule has 18 nitrogen and oxygen atoms in total. The Bertz CT molecular complexity index is 2910. The van der Waals surface area contributed by atoms with Crippen LogP contribution in [0.5, 0.6) is 5.75 Å². The molecular formula is C36H29N7O11S3. The standard InChI is InChI=1S/C36H29N7O11S3/c1-21-15-26(11-13-31(21)41-42-32-14-12-27(20-33(32)54-2)39-38-25-6-4-8-29(18-25)56(48,49)50)40-43-35-34(57(51,52)53)16-22-9-10-24(19-30(22)36(35)44)37-23-5-3-7-28(17-23)55(45,46)47/h3-20,37,40H,1-2H3,(H,45,46,47)(H,48,49,50)(H,51,52,53)/b39-38?,42-41?,43-35+. The molecular weight excluding hydrogens is 803 g/mol. The van der Waals surface area contributed by atoms with Gasteiger partial charge in [0.2, 0.25) is 5.78 Å². The van der Waals surface area contributed by atoms with E-state index in [2.05, 4.69) is 36.3 Å². The van der Waals surface area contributed by atoms with E-state index in [0.29, 0.717) is 39.7 Å². The van der Waals surface area contributed by atoms with E-state index in [9.17, 15) is 43.7 Å². The first-order valence-electron chi connectivity index (χ1n) is 16.2. The Kier molecular flexibility index (Phi) is 11.2. The summed E-state index contributed by atoms with van der Waals surface area (Å²) in [6.45, 7) is 1.72. The average molecular weight is 832 g/mol. The highest BCUT2D eigenvalue weighted by Crippen LogP contribution is 2.35. The van der Waals surface area contributed by atoms with Crippen LogP contribution in [0.3, 0.4) is 0 Å². The van der Waals surface area contributed by atoms with Gasteiger partial charge in [-0.3, -0.25) is 23.9 Å². The fourth-order valence-corrected chi connectivity index (χ4v) is 7.01. The van der Waals surface area contributed by atoms with Crippen LogP contribution in [-0.4, -0.2) is 57.5 Å². The van der Waals surface area contributed by atoms with Crippen molar-refractivity contribution in [1.29, 1.82) is 0 Å². The summed E-state index contributed by atoms with van der Waals surface area (Å²) in [5.41, 5.74) is 5.10. The Hall–Kier alpha value is -6.49. The first kappa shape index (κ1) is 40.2. The van der Waals surface area contributed by atoms with Crippen LogP contribution in [0.2, 0.25) is 0 Å². The van der Waals surface area contributed by atoms with Gasteiger partial charge in [-0.25, -0.2) is 0 Å². The molecule has 5 aromatic rings. The molecule has 0 aliphatic heterocycles. The lowest BCUT2D eigenvalue weighted by molar-refractivity contribution is 0.106. The highest BCUT2D eigenvalue weighted by molar-refractivity contribution is 7.91. The molecule has 5 aromatic carbocycles. The second kappa shape index (κ2) is 15.9. The number of aryl methyl sites for hydroxylation is 1. The number of fused-ring (bicyclic) bond motifs is 1. The number of nitrogens with one attached hydrogen (secondary N) is 2. The third-order valence-corrected chi connectivity index (χ3v) is 10.6. The number of hydrogen-bond acceptors (Lipinski definition) is 15. The average Bonchev–Trinajstić information content (AvgIpc) is 3.16. The van der Waals surface area contributed by atoms with Gasteiger partial charge in [0.25, 0.3) is 30.4 Å². The van der Waals surface area contributed by atoms with Crippen LogP contribution in [0.15, 0.2) is 143 Å². The fraction of sp³-hybridized carbons (Fsp3) is 0.0556. The number of carbonyl (C=O) groups is 1. The minimum atomic E-state index is -4.92. The van der Waals surface area contributed by atoms with Crippen LogP contribution in [0.25, 0.3) is 6.08 Å². The molecule has 0 aromatic heterocycles. The Morgan fingerprint density at radius 3 is 1.89 bits per heavy atom. The lowest BCUT2D eigenvalue weighted by Gasteiger charge is -2.18. The second-order valence-corrected chi connectivity index (χ2v) is 16.3. The molecule has 0 unspecified atom stereocenters. The van der Waals surface area contributed by atoms with Gasteiger partial charge >= 0.3 is 0 Å². The number of azo groups is 2. The van der Waals surface area contributed by atoms with Crippen molar-refractivity contribution in [2.75, 3.05) is 17.9 Å². The molecule has 0 fully saturated rings. The maximum atomic E-state index is 13.6. The number of rotatable bonds is 12. The molecule has 6 rings (SSSR count). The first-order valence-corrected chi connectivity index (χ1v) is 20.5. The third-order valence-electron chi connectivity index (χ3n) is 8.05. The molecule has 0 spiro atoms. The van der Waals surface area contributed by atoms with E-state index < -0.39 is 46.8 Å². The number of methoxy groups -OCH3 is 1. The SMILES string of the molecule is COc1cc(N=Nc2cccc(S(=O)(=O)O)c2)ccc1N=Nc1ccc(N/N=C2/C(=O)c3cc(Nc4cccc(S(=O)(=O)O)c4)ccc3C=C2S(=O)(=O)O)cc1C. The number of anilines is 3. The lowest BCUT2D eigenvalue weighted by atomic mass is 9.94. The summed E-state index contributed by atoms with van der Waals surface area (Å²) >= 11 is 0. The van der Waals surface area contributed by atoms with Gasteiger partial charge in [-0.1, -0.05) is 18.2 Å². The number of ether oxygens (including phenoxy) is 1. The monoisotopic (exact) mass is 831 g/mol. The summed E-state index contributed by atoms with van der Waals surface area (Å²) in [7, 11) is -12.4. The molecule has 0 amide bonds. The van der Waals surface area contributed by atoms with Crippen molar-refractivity contribution < 1.29 is 48.4 Å². The van der Waals surface area contributed by atoms with Crippen LogP contribution in [0.1, 0.15) is 21.5 Å². The van der Waals surface area contributed by atoms with Crippen molar-refractivity contribution in [3.8, 4) is 5.75 Å². The minimum Gasteiger partial charge on any atom is -0.494 e. The Balaban J connectivity index is 1.19. The maximum absolute atomic E-state index is 13.6. The zero-order chi connectivity index (χ0) is 41.1. The molecule has 0 heterocycles. The number of hydrazone groups is 1. The molecule has 1 aliphatic rings. The van der Waals surface area contributed by atoms with E-state index in [-0.39, 0.29) is 32.3 Å². The van der Waals surface area contributed by atoms with Crippen LogP contribution in [0, 0.1) is 6.92 Å². The van der Waals surface area contributed by atoms with E-state index in [1.54, 1.807) is 37.3 Å². The summed E-state index contributed by atoms with van der Waals surface area (Å²) in [6.07, 6.45) is 1.10. The van der Waals surface area contributed by atoms with E-state index in [0.717, 1.165) is 12.1 Å². The molecule has 5 N–H and O–H groups in total. The number of carbonyl (C=O) groups excluding carboxylic acids is 1. The van der Waals surface area contributed by atoms with Gasteiger partial charge in [-0.05, 0) is 103 Å². The number of benzene rings is 5. The molecule has 0 bridgehead atoms. The Morgan fingerprint density at radius 1 is 0.614 bits per heavy atom. The topological polar surface area (TPSA) is 275 Å². The summed E-state index contributed by atoms with van der Waals surface area (Å²) in [4.78, 5) is 12.2. The van der Waals surface area contributed by atoms with E-state index in [4.69, 9.17) is 4.74 Å². The van der Waals surface area contributed by atoms with Crippen molar-refractivity contribution in [2.24, 2.45) is 25.6 Å². The maximum Gasteiger partial charge on any atom is 0.296 e. The van der Waals surface area contributed by atoms with Gasteiger partial charge in [-0.15, -0.1) is 5.11 Å². The van der Waals surface area contributed by atoms with E-state index in [1.165, 1.54) is 73.8 Å². The van der Waals surface area contributed by atoms with E-state index >= 15 is 0 Å². The highest BCUT2D eigenvalue weighted by Gasteiger charge is 2.33. The van der Waals surface area contributed by atoms with Crippen LogP contribution in [-0.2, 0) is 30.4 Å². The lowest BCUT2D eigenvalue weighted by Crippen LogP contribution is -2.27. The van der Waals surface area contributed by atoms with Crippen molar-refractivity contribution in [3.63, 3.8) is 0 Å². The van der Waals surface area contributed by atoms with Crippen LogP contribution < -0.4 is 15.5 Å². The predicted molar refractivity (Wildman–Crippen MR) is 210 cm³/mol. The molecule has 21 heteroatoms. The molecule has 0 saturated heterocycles. The van der Waals surface area contributed by atoms with Crippen molar-refractivity contribution >= 4 is 87.7 Å². The van der Waals surface area contributed by atoms with Crippen LogP contribution in [0.4, 0.5) is 39.8 Å². The van der Waals surface area contributed by atoms with Gasteiger partial charge in [-0.2, -0.15) is 45.7 Å². The predicted octanol–water partition coefficient (Wildman–Crippen LogP) is 7.96. The zero-order valence-corrected chi connectivity index (χ0v) is 31.9. The highest BCUT2D eigenvalue weighted by atomic mass is 32.2. The number of Topliss-reactive ketones (excluding diaryl/α,β-unsaturated/α-hetero) is 1. The molecule has 57 heavy (non-hydrogen) atoms. The Morgan fingerprint density at radius 2 is 1.23 bits per heavy atom. The van der Waals surface area contributed by atoms with Gasteiger partial charge in [0.1, 0.15) is 16.3 Å². The summed E-state index contributed by atoms with van der Waals surface area (Å²) < 4.78 is 105. The summed E-state index contributed by atoms with van der Waals surface area (Å²) in [5.74, 6) is -0.540. The van der Waals surface area contributed by atoms with Crippen LogP contribution >= 0.6 is 0 Å². The quantitative estimate of drug-likeness (QED) is 0.0454. The van der Waals surface area contributed by atoms with Gasteiger partial charge in [0, 0.05) is 23.0 Å². The zero-order valence-electron chi connectivity index (χ0n) is 29.5. The fourth-order valence-electron chi connectivity index (χ4n) is 5.31. The molecule has 0 saturated carbocycles. The van der Waals surface area contributed by atoms with Crippen molar-refractivity contribution in [3.05, 3.63) is 125 Å². The van der Waals surface area contributed by atoms with Gasteiger partial charge in [0.05, 0.1) is 39.7 Å². The number of ketones is 1. The summed E-state index contributed by atoms with van der Waals surface area (Å²) in [6, 6.07) is 24.4.